The molecule has 0 radical (unpaired) electrons. The van der Waals surface area contributed by atoms with Crippen molar-refractivity contribution in [2.75, 3.05) is 53.1 Å². The molecule has 1 N–H and O–H groups in total. The second kappa shape index (κ2) is 13.4. The van der Waals surface area contributed by atoms with Crippen LogP contribution in [0.15, 0.2) is 35.3 Å². The number of halogens is 1. The van der Waals surface area contributed by atoms with E-state index in [1.54, 1.807) is 7.11 Å². The molecule has 1 aliphatic rings. The highest BCUT2D eigenvalue weighted by Crippen LogP contribution is 2.26. The molecular weight excluding hydrogens is 429 g/mol. The van der Waals surface area contributed by atoms with E-state index in [1.165, 1.54) is 12.0 Å². The van der Waals surface area contributed by atoms with Crippen molar-refractivity contribution in [1.29, 1.82) is 0 Å². The van der Waals surface area contributed by atoms with E-state index in [-0.39, 0.29) is 24.0 Å². The van der Waals surface area contributed by atoms with Gasteiger partial charge in [0.1, 0.15) is 0 Å². The second-order valence-corrected chi connectivity index (χ2v) is 6.04. The number of ether oxygens (including phenoxy) is 2. The Bertz CT molecular complexity index is 485. The Balaban J connectivity index is 0.00000312. The molecule has 0 amide bonds. The Hall–Kier alpha value is -0.860. The molecule has 142 valence electrons. The number of likely N-dealkylation sites (tertiary alicyclic amines) is 1. The average molecular weight is 461 g/mol. The van der Waals surface area contributed by atoms with Crippen LogP contribution in [0.3, 0.4) is 0 Å². The number of guanidine groups is 1. The van der Waals surface area contributed by atoms with Gasteiger partial charge in [-0.05, 0) is 25.3 Å². The monoisotopic (exact) mass is 461 g/mol. The SMILES string of the molecule is CCNC(=NCCCOCCOC)N1CCC(c2ccccc2)C1.I. The first-order valence-corrected chi connectivity index (χ1v) is 9.00. The van der Waals surface area contributed by atoms with E-state index in [0.29, 0.717) is 19.1 Å². The first-order valence-electron chi connectivity index (χ1n) is 9.00. The van der Waals surface area contributed by atoms with Crippen LogP contribution in [0.4, 0.5) is 0 Å². The van der Waals surface area contributed by atoms with Crippen LogP contribution < -0.4 is 5.32 Å². The van der Waals surface area contributed by atoms with Crippen molar-refractivity contribution in [3.8, 4) is 0 Å². The first-order chi connectivity index (χ1) is 11.8. The summed E-state index contributed by atoms with van der Waals surface area (Å²) in [5.41, 5.74) is 1.43. The predicted molar refractivity (Wildman–Crippen MR) is 114 cm³/mol. The van der Waals surface area contributed by atoms with E-state index in [0.717, 1.165) is 45.2 Å². The van der Waals surface area contributed by atoms with Crippen LogP contribution in [0.1, 0.15) is 31.2 Å². The van der Waals surface area contributed by atoms with E-state index < -0.39 is 0 Å². The number of nitrogens with zero attached hydrogens (tertiary/aromatic N) is 2. The summed E-state index contributed by atoms with van der Waals surface area (Å²) in [6, 6.07) is 10.8. The molecule has 2 rings (SSSR count). The van der Waals surface area contributed by atoms with E-state index in [2.05, 4.69) is 47.5 Å². The van der Waals surface area contributed by atoms with Gasteiger partial charge in [0.2, 0.25) is 0 Å². The van der Waals surface area contributed by atoms with Gasteiger partial charge < -0.3 is 19.7 Å². The fourth-order valence-electron chi connectivity index (χ4n) is 2.97. The summed E-state index contributed by atoms with van der Waals surface area (Å²) in [6.45, 7) is 7.96. The average Bonchev–Trinajstić information content (AvgIpc) is 3.11. The number of nitrogens with one attached hydrogen (secondary N) is 1. The van der Waals surface area contributed by atoms with Crippen LogP contribution in [-0.2, 0) is 9.47 Å². The molecule has 0 saturated carbocycles. The number of methoxy groups -OCH3 is 1. The van der Waals surface area contributed by atoms with Gasteiger partial charge >= 0.3 is 0 Å². The Morgan fingerprint density at radius 2 is 2.04 bits per heavy atom. The van der Waals surface area contributed by atoms with E-state index in [9.17, 15) is 0 Å². The highest BCUT2D eigenvalue weighted by atomic mass is 127. The molecule has 1 unspecified atom stereocenters. The summed E-state index contributed by atoms with van der Waals surface area (Å²) in [7, 11) is 1.69. The summed E-state index contributed by atoms with van der Waals surface area (Å²) >= 11 is 0. The molecule has 1 fully saturated rings. The topological polar surface area (TPSA) is 46.1 Å². The predicted octanol–water partition coefficient (Wildman–Crippen LogP) is 3.11. The van der Waals surface area contributed by atoms with Crippen molar-refractivity contribution >= 4 is 29.9 Å². The van der Waals surface area contributed by atoms with Gasteiger partial charge in [-0.1, -0.05) is 30.3 Å². The third kappa shape index (κ3) is 7.92. The molecule has 1 heterocycles. The molecule has 0 aromatic heterocycles. The molecule has 1 aromatic carbocycles. The van der Waals surface area contributed by atoms with Gasteiger partial charge in [0.15, 0.2) is 5.96 Å². The van der Waals surface area contributed by atoms with Gasteiger partial charge in [0.05, 0.1) is 13.2 Å². The van der Waals surface area contributed by atoms with Crippen molar-refractivity contribution < 1.29 is 9.47 Å². The smallest absolute Gasteiger partial charge is 0.193 e. The maximum atomic E-state index is 5.49. The zero-order valence-electron chi connectivity index (χ0n) is 15.4. The summed E-state index contributed by atoms with van der Waals surface area (Å²) in [6.07, 6.45) is 2.13. The first kappa shape index (κ1) is 22.2. The minimum atomic E-state index is 0. The van der Waals surface area contributed by atoms with Crippen molar-refractivity contribution in [1.82, 2.24) is 10.2 Å². The van der Waals surface area contributed by atoms with Crippen molar-refractivity contribution in [3.63, 3.8) is 0 Å². The minimum absolute atomic E-state index is 0. The Kier molecular flexibility index (Phi) is 11.9. The van der Waals surface area contributed by atoms with Crippen LogP contribution >= 0.6 is 24.0 Å². The molecule has 0 bridgehead atoms. The molecule has 0 aliphatic carbocycles. The van der Waals surface area contributed by atoms with Crippen LogP contribution in [0.25, 0.3) is 0 Å². The number of hydrogen-bond acceptors (Lipinski definition) is 3. The lowest BCUT2D eigenvalue weighted by molar-refractivity contribution is 0.0702. The molecule has 25 heavy (non-hydrogen) atoms. The lowest BCUT2D eigenvalue weighted by atomic mass is 9.99. The molecule has 1 aromatic rings. The fraction of sp³-hybridized carbons (Fsp3) is 0.632. The lowest BCUT2D eigenvalue weighted by Crippen LogP contribution is -2.40. The van der Waals surface area contributed by atoms with E-state index in [4.69, 9.17) is 14.5 Å². The Morgan fingerprint density at radius 1 is 1.24 bits per heavy atom. The zero-order valence-corrected chi connectivity index (χ0v) is 17.8. The normalized spacial score (nSPS) is 17.4. The van der Waals surface area contributed by atoms with E-state index in [1.807, 2.05) is 0 Å². The van der Waals surface area contributed by atoms with Gasteiger partial charge in [0, 0.05) is 45.8 Å². The number of aliphatic imine (C=N–C) groups is 1. The van der Waals surface area contributed by atoms with Gasteiger partial charge in [-0.15, -0.1) is 24.0 Å². The molecule has 1 atom stereocenters. The highest BCUT2D eigenvalue weighted by molar-refractivity contribution is 14.0. The van der Waals surface area contributed by atoms with Crippen molar-refractivity contribution in [2.45, 2.75) is 25.7 Å². The fourth-order valence-corrected chi connectivity index (χ4v) is 2.97. The Morgan fingerprint density at radius 3 is 2.76 bits per heavy atom. The van der Waals surface area contributed by atoms with Crippen LogP contribution in [0.2, 0.25) is 0 Å². The third-order valence-corrected chi connectivity index (χ3v) is 4.23. The standard InChI is InChI=1S/C19H31N3O2.HI/c1-3-20-19(21-11-7-13-24-15-14-23-2)22-12-10-18(16-22)17-8-5-4-6-9-17;/h4-6,8-9,18H,3,7,10-16H2,1-2H3,(H,20,21);1H. The summed E-state index contributed by atoms with van der Waals surface area (Å²) in [4.78, 5) is 7.14. The summed E-state index contributed by atoms with van der Waals surface area (Å²) < 4.78 is 10.5. The van der Waals surface area contributed by atoms with Gasteiger partial charge in [-0.2, -0.15) is 0 Å². The van der Waals surface area contributed by atoms with Crippen LogP contribution in [0, 0.1) is 0 Å². The molecule has 1 aliphatic heterocycles. The Labute approximate surface area is 169 Å². The lowest BCUT2D eigenvalue weighted by Gasteiger charge is -2.21. The van der Waals surface area contributed by atoms with Gasteiger partial charge in [-0.25, -0.2) is 0 Å². The zero-order chi connectivity index (χ0) is 17.0. The van der Waals surface area contributed by atoms with Crippen molar-refractivity contribution in [2.24, 2.45) is 4.99 Å². The second-order valence-electron chi connectivity index (χ2n) is 6.04. The third-order valence-electron chi connectivity index (χ3n) is 4.23. The quantitative estimate of drug-likeness (QED) is 0.266. The molecule has 0 spiro atoms. The van der Waals surface area contributed by atoms with Gasteiger partial charge in [-0.3, -0.25) is 4.99 Å². The number of benzene rings is 1. The molecule has 6 heteroatoms. The van der Waals surface area contributed by atoms with Crippen molar-refractivity contribution in [3.05, 3.63) is 35.9 Å². The van der Waals surface area contributed by atoms with Crippen LogP contribution in [0.5, 0.6) is 0 Å². The van der Waals surface area contributed by atoms with E-state index >= 15 is 0 Å². The highest BCUT2D eigenvalue weighted by Gasteiger charge is 2.25. The molecular formula is C19H32IN3O2. The number of hydrogen-bond donors (Lipinski definition) is 1. The largest absolute Gasteiger partial charge is 0.382 e. The van der Waals surface area contributed by atoms with Gasteiger partial charge in [0.25, 0.3) is 0 Å². The minimum Gasteiger partial charge on any atom is -0.382 e. The van der Waals surface area contributed by atoms with Crippen LogP contribution in [-0.4, -0.2) is 64.0 Å². The number of rotatable bonds is 9. The summed E-state index contributed by atoms with van der Waals surface area (Å²) in [5.74, 6) is 1.64. The molecule has 1 saturated heterocycles. The maximum Gasteiger partial charge on any atom is 0.193 e. The maximum absolute atomic E-state index is 5.49. The molecule has 5 nitrogen and oxygen atoms in total. The summed E-state index contributed by atoms with van der Waals surface area (Å²) in [5, 5.41) is 3.42.